The quantitative estimate of drug-likeness (QED) is 0.877. The molecule has 4 heteroatoms. The van der Waals surface area contributed by atoms with Gasteiger partial charge >= 0.3 is 0 Å². The Morgan fingerprint density at radius 3 is 2.75 bits per heavy atom. The zero-order valence-corrected chi connectivity index (χ0v) is 11.8. The smallest absolute Gasteiger partial charge is 0.141 e. The van der Waals surface area contributed by atoms with Crippen LogP contribution in [0, 0.1) is 5.82 Å². The number of hydrogen-bond donors (Lipinski definition) is 1. The summed E-state index contributed by atoms with van der Waals surface area (Å²) in [5.74, 6) is 0.489. The van der Waals surface area contributed by atoms with Gasteiger partial charge in [0.1, 0.15) is 11.6 Å². The lowest BCUT2D eigenvalue weighted by Crippen LogP contribution is -2.22. The van der Waals surface area contributed by atoms with Gasteiger partial charge in [0.25, 0.3) is 0 Å². The second-order valence-corrected chi connectivity index (χ2v) is 4.43. The van der Waals surface area contributed by atoms with Gasteiger partial charge in [-0.05, 0) is 42.8 Å². The molecule has 1 aromatic heterocycles. The van der Waals surface area contributed by atoms with Crippen LogP contribution >= 0.6 is 0 Å². The number of ether oxygens (including phenoxy) is 1. The highest BCUT2D eigenvalue weighted by molar-refractivity contribution is 5.36. The normalized spacial score (nSPS) is 12.2. The molecule has 2 aromatic rings. The number of hydrogen-bond acceptors (Lipinski definition) is 3. The number of nitrogens with one attached hydrogen (secondary N) is 1. The van der Waals surface area contributed by atoms with Gasteiger partial charge in [-0.2, -0.15) is 0 Å². The van der Waals surface area contributed by atoms with Gasteiger partial charge in [-0.15, -0.1) is 0 Å². The van der Waals surface area contributed by atoms with Crippen molar-refractivity contribution in [1.29, 1.82) is 0 Å². The van der Waals surface area contributed by atoms with Crippen molar-refractivity contribution in [2.45, 2.75) is 19.9 Å². The lowest BCUT2D eigenvalue weighted by Gasteiger charge is -2.19. The highest BCUT2D eigenvalue weighted by atomic mass is 19.1. The van der Waals surface area contributed by atoms with E-state index in [0.717, 1.165) is 23.4 Å². The molecule has 0 saturated carbocycles. The van der Waals surface area contributed by atoms with Crippen LogP contribution in [0.1, 0.15) is 31.0 Å². The van der Waals surface area contributed by atoms with Crippen LogP contribution in [0.25, 0.3) is 0 Å². The van der Waals surface area contributed by atoms with E-state index in [4.69, 9.17) is 4.74 Å². The van der Waals surface area contributed by atoms with Gasteiger partial charge in [-0.25, -0.2) is 4.39 Å². The van der Waals surface area contributed by atoms with Crippen molar-refractivity contribution in [3.8, 4) is 5.75 Å². The number of benzene rings is 1. The van der Waals surface area contributed by atoms with Gasteiger partial charge in [0, 0.05) is 6.20 Å². The molecule has 0 spiro atoms. The SMILES string of the molecule is CCNC(c1cncc(F)c1)c1cccc(OCC)c1. The van der Waals surface area contributed by atoms with Crippen LogP contribution in [0.4, 0.5) is 4.39 Å². The Morgan fingerprint density at radius 1 is 1.20 bits per heavy atom. The third-order valence-electron chi connectivity index (χ3n) is 2.97. The molecule has 0 bridgehead atoms. The summed E-state index contributed by atoms with van der Waals surface area (Å²) in [6.45, 7) is 5.37. The van der Waals surface area contributed by atoms with E-state index in [-0.39, 0.29) is 11.9 Å². The highest BCUT2D eigenvalue weighted by Crippen LogP contribution is 2.25. The molecule has 0 fully saturated rings. The molecule has 0 aliphatic heterocycles. The molecule has 0 aliphatic carbocycles. The molecule has 0 amide bonds. The lowest BCUT2D eigenvalue weighted by molar-refractivity contribution is 0.339. The maximum absolute atomic E-state index is 13.4. The summed E-state index contributed by atoms with van der Waals surface area (Å²) in [4.78, 5) is 3.93. The second kappa shape index (κ2) is 7.01. The van der Waals surface area contributed by atoms with E-state index in [1.54, 1.807) is 6.20 Å². The summed E-state index contributed by atoms with van der Waals surface area (Å²) in [6.07, 6.45) is 2.90. The predicted molar refractivity (Wildman–Crippen MR) is 77.3 cm³/mol. The fourth-order valence-electron chi connectivity index (χ4n) is 2.17. The number of halogens is 1. The number of rotatable bonds is 6. The minimum absolute atomic E-state index is 0.0939. The summed E-state index contributed by atoms with van der Waals surface area (Å²) in [7, 11) is 0. The van der Waals surface area contributed by atoms with Crippen molar-refractivity contribution in [1.82, 2.24) is 10.3 Å². The molecule has 0 radical (unpaired) electrons. The average Bonchev–Trinajstić information content (AvgIpc) is 2.45. The Balaban J connectivity index is 2.35. The molecule has 0 saturated heterocycles. The van der Waals surface area contributed by atoms with E-state index in [9.17, 15) is 4.39 Å². The van der Waals surface area contributed by atoms with Crippen LogP contribution < -0.4 is 10.1 Å². The molecule has 2 rings (SSSR count). The Hall–Kier alpha value is -1.94. The van der Waals surface area contributed by atoms with Crippen LogP contribution in [-0.2, 0) is 0 Å². The molecule has 106 valence electrons. The molecule has 1 aromatic carbocycles. The van der Waals surface area contributed by atoms with E-state index in [0.29, 0.717) is 6.61 Å². The van der Waals surface area contributed by atoms with Crippen LogP contribution in [0.2, 0.25) is 0 Å². The van der Waals surface area contributed by atoms with Crippen molar-refractivity contribution in [2.75, 3.05) is 13.2 Å². The minimum atomic E-state index is -0.327. The summed E-state index contributed by atoms with van der Waals surface area (Å²) < 4.78 is 18.9. The fourth-order valence-corrected chi connectivity index (χ4v) is 2.17. The molecule has 20 heavy (non-hydrogen) atoms. The van der Waals surface area contributed by atoms with Gasteiger partial charge in [-0.3, -0.25) is 4.98 Å². The average molecular weight is 274 g/mol. The van der Waals surface area contributed by atoms with Gasteiger partial charge in [-0.1, -0.05) is 19.1 Å². The second-order valence-electron chi connectivity index (χ2n) is 4.43. The van der Waals surface area contributed by atoms with Gasteiger partial charge in [0.05, 0.1) is 18.8 Å². The summed E-state index contributed by atoms with van der Waals surface area (Å²) in [5.41, 5.74) is 1.84. The van der Waals surface area contributed by atoms with Crippen molar-refractivity contribution >= 4 is 0 Å². The van der Waals surface area contributed by atoms with E-state index in [1.165, 1.54) is 12.3 Å². The fraction of sp³-hybridized carbons (Fsp3) is 0.312. The largest absolute Gasteiger partial charge is 0.494 e. The number of nitrogens with zero attached hydrogens (tertiary/aromatic N) is 1. The minimum Gasteiger partial charge on any atom is -0.494 e. The first-order valence-corrected chi connectivity index (χ1v) is 6.81. The molecular formula is C16H19FN2O. The van der Waals surface area contributed by atoms with E-state index in [1.807, 2.05) is 38.1 Å². The standard InChI is InChI=1S/C16H19FN2O/c1-3-19-16(13-8-14(17)11-18-10-13)12-6-5-7-15(9-12)20-4-2/h5-11,16,19H,3-4H2,1-2H3. The summed E-state index contributed by atoms with van der Waals surface area (Å²) in [6, 6.07) is 9.25. The Kier molecular flexibility index (Phi) is 5.07. The summed E-state index contributed by atoms with van der Waals surface area (Å²) in [5, 5.41) is 3.35. The van der Waals surface area contributed by atoms with Crippen molar-refractivity contribution < 1.29 is 9.13 Å². The number of pyridine rings is 1. The van der Waals surface area contributed by atoms with Crippen LogP contribution in [-0.4, -0.2) is 18.1 Å². The first-order chi connectivity index (χ1) is 9.74. The van der Waals surface area contributed by atoms with Crippen LogP contribution in [0.3, 0.4) is 0 Å². The molecule has 1 N–H and O–H groups in total. The molecule has 1 unspecified atom stereocenters. The molecule has 3 nitrogen and oxygen atoms in total. The number of aromatic nitrogens is 1. The maximum atomic E-state index is 13.4. The zero-order valence-electron chi connectivity index (χ0n) is 11.8. The van der Waals surface area contributed by atoms with Crippen molar-refractivity contribution in [3.63, 3.8) is 0 Å². The van der Waals surface area contributed by atoms with Gasteiger partial charge in [0.15, 0.2) is 0 Å². The third kappa shape index (κ3) is 3.54. The molecule has 1 heterocycles. The van der Waals surface area contributed by atoms with Crippen LogP contribution in [0.15, 0.2) is 42.7 Å². The van der Waals surface area contributed by atoms with Crippen LogP contribution in [0.5, 0.6) is 5.75 Å². The monoisotopic (exact) mass is 274 g/mol. The lowest BCUT2D eigenvalue weighted by atomic mass is 10.00. The highest BCUT2D eigenvalue weighted by Gasteiger charge is 2.14. The Bertz CT molecular complexity index is 560. The van der Waals surface area contributed by atoms with Gasteiger partial charge < -0.3 is 10.1 Å². The zero-order chi connectivity index (χ0) is 14.4. The molecular weight excluding hydrogens is 255 g/mol. The topological polar surface area (TPSA) is 34.2 Å². The van der Waals surface area contributed by atoms with Gasteiger partial charge in [0.2, 0.25) is 0 Å². The Morgan fingerprint density at radius 2 is 2.05 bits per heavy atom. The van der Waals surface area contributed by atoms with E-state index in [2.05, 4.69) is 10.3 Å². The maximum Gasteiger partial charge on any atom is 0.141 e. The van der Waals surface area contributed by atoms with Crippen molar-refractivity contribution in [2.24, 2.45) is 0 Å². The molecule has 0 aliphatic rings. The summed E-state index contributed by atoms with van der Waals surface area (Å²) >= 11 is 0. The first kappa shape index (κ1) is 14.5. The van der Waals surface area contributed by atoms with Crippen molar-refractivity contribution in [3.05, 3.63) is 59.7 Å². The van der Waals surface area contributed by atoms with E-state index < -0.39 is 0 Å². The van der Waals surface area contributed by atoms with E-state index >= 15 is 0 Å². The third-order valence-corrected chi connectivity index (χ3v) is 2.97. The molecule has 1 atom stereocenters. The predicted octanol–water partition coefficient (Wildman–Crippen LogP) is 3.32. The first-order valence-electron chi connectivity index (χ1n) is 6.81. The Labute approximate surface area is 118 Å².